The van der Waals surface area contributed by atoms with E-state index in [1.165, 1.54) is 13.2 Å². The maximum Gasteiger partial charge on any atom is 0.222 e. The highest BCUT2D eigenvalue weighted by atomic mass is 19.1. The summed E-state index contributed by atoms with van der Waals surface area (Å²) >= 11 is 0. The third-order valence-electron chi connectivity index (χ3n) is 3.06. The van der Waals surface area contributed by atoms with Crippen molar-refractivity contribution in [3.63, 3.8) is 0 Å². The van der Waals surface area contributed by atoms with Gasteiger partial charge in [-0.1, -0.05) is 19.9 Å². The Labute approximate surface area is 119 Å². The molecular weight excluding hydrogens is 259 g/mol. The lowest BCUT2D eigenvalue weighted by atomic mass is 10.1. The lowest BCUT2D eigenvalue weighted by Gasteiger charge is -2.18. The Kier molecular flexibility index (Phi) is 6.45. The Balaban J connectivity index is 2.51. The van der Waals surface area contributed by atoms with Gasteiger partial charge in [0.15, 0.2) is 0 Å². The van der Waals surface area contributed by atoms with Crippen molar-refractivity contribution in [3.8, 4) is 5.75 Å². The third kappa shape index (κ3) is 4.49. The summed E-state index contributed by atoms with van der Waals surface area (Å²) in [6, 6.07) is 4.57. The second kappa shape index (κ2) is 7.85. The molecule has 112 valence electrons. The summed E-state index contributed by atoms with van der Waals surface area (Å²) in [6.45, 7) is 6.63. The van der Waals surface area contributed by atoms with Crippen molar-refractivity contribution in [2.75, 3.05) is 20.2 Å². The number of rotatable bonds is 7. The van der Waals surface area contributed by atoms with Gasteiger partial charge in [0.1, 0.15) is 11.6 Å². The van der Waals surface area contributed by atoms with Gasteiger partial charge in [-0.3, -0.25) is 4.79 Å². The maximum atomic E-state index is 13.8. The Bertz CT molecular complexity index is 449. The monoisotopic (exact) mass is 282 g/mol. The van der Waals surface area contributed by atoms with E-state index >= 15 is 0 Å². The van der Waals surface area contributed by atoms with Gasteiger partial charge < -0.3 is 15.4 Å². The van der Waals surface area contributed by atoms with Gasteiger partial charge in [0.05, 0.1) is 7.11 Å². The molecule has 20 heavy (non-hydrogen) atoms. The fourth-order valence-corrected chi connectivity index (χ4v) is 1.90. The van der Waals surface area contributed by atoms with Crippen LogP contribution in [0, 0.1) is 11.7 Å². The second-order valence-corrected chi connectivity index (χ2v) is 4.98. The number of hydrogen-bond acceptors (Lipinski definition) is 3. The molecule has 0 fully saturated rings. The molecule has 2 N–H and O–H groups in total. The first kappa shape index (κ1) is 16.4. The number of ether oxygens (including phenoxy) is 1. The van der Waals surface area contributed by atoms with Crippen LogP contribution in [0.5, 0.6) is 5.75 Å². The first-order valence-electron chi connectivity index (χ1n) is 6.80. The molecule has 0 heterocycles. The summed E-state index contributed by atoms with van der Waals surface area (Å²) in [7, 11) is 1.52. The third-order valence-corrected chi connectivity index (χ3v) is 3.06. The Morgan fingerprint density at radius 3 is 2.60 bits per heavy atom. The first-order chi connectivity index (χ1) is 9.47. The number of nitrogens with one attached hydrogen (secondary N) is 2. The molecule has 0 spiro atoms. The number of hydrogen-bond donors (Lipinski definition) is 2. The minimum Gasteiger partial charge on any atom is -0.496 e. The minimum atomic E-state index is -0.296. The molecule has 5 heteroatoms. The molecule has 1 atom stereocenters. The van der Waals surface area contributed by atoms with Crippen molar-refractivity contribution in [2.45, 2.75) is 26.8 Å². The molecule has 0 aromatic heterocycles. The normalized spacial score (nSPS) is 12.3. The molecule has 1 aromatic rings. The van der Waals surface area contributed by atoms with E-state index in [9.17, 15) is 9.18 Å². The molecule has 1 amide bonds. The van der Waals surface area contributed by atoms with E-state index in [2.05, 4.69) is 10.6 Å². The molecule has 0 aliphatic carbocycles. The summed E-state index contributed by atoms with van der Waals surface area (Å²) in [4.78, 5) is 11.4. The van der Waals surface area contributed by atoms with Crippen molar-refractivity contribution < 1.29 is 13.9 Å². The fourth-order valence-electron chi connectivity index (χ4n) is 1.90. The predicted molar refractivity (Wildman–Crippen MR) is 77.2 cm³/mol. The Morgan fingerprint density at radius 1 is 1.30 bits per heavy atom. The fraction of sp³-hybridized carbons (Fsp3) is 0.533. The van der Waals surface area contributed by atoms with Crippen LogP contribution in [0.1, 0.15) is 32.4 Å². The molecule has 1 unspecified atom stereocenters. The van der Waals surface area contributed by atoms with Gasteiger partial charge in [-0.05, 0) is 19.1 Å². The highest BCUT2D eigenvalue weighted by Crippen LogP contribution is 2.27. The summed E-state index contributed by atoms with van der Waals surface area (Å²) < 4.78 is 19.0. The van der Waals surface area contributed by atoms with Crippen molar-refractivity contribution in [2.24, 2.45) is 5.92 Å². The highest BCUT2D eigenvalue weighted by Gasteiger charge is 2.15. The van der Waals surface area contributed by atoms with E-state index in [0.717, 1.165) is 0 Å². The zero-order valence-electron chi connectivity index (χ0n) is 12.5. The average molecular weight is 282 g/mol. The van der Waals surface area contributed by atoms with E-state index in [0.29, 0.717) is 24.4 Å². The maximum absolute atomic E-state index is 13.8. The minimum absolute atomic E-state index is 0.0166. The van der Waals surface area contributed by atoms with Crippen molar-refractivity contribution in [1.29, 1.82) is 0 Å². The number of methoxy groups -OCH3 is 1. The van der Waals surface area contributed by atoms with Crippen molar-refractivity contribution in [3.05, 3.63) is 29.6 Å². The van der Waals surface area contributed by atoms with E-state index in [1.807, 2.05) is 20.8 Å². The standard InChI is InChI=1S/C15H23FN2O2/c1-10(2)15(19)18-9-8-17-11(3)14-12(16)6-5-7-13(14)20-4/h5-7,10-11,17H,8-9H2,1-4H3,(H,18,19). The Morgan fingerprint density at radius 2 is 2.00 bits per heavy atom. The number of carbonyl (C=O) groups is 1. The molecule has 0 saturated heterocycles. The van der Waals surface area contributed by atoms with Crippen LogP contribution in [0.3, 0.4) is 0 Å². The molecule has 0 saturated carbocycles. The molecular formula is C15H23FN2O2. The van der Waals surface area contributed by atoms with Crippen molar-refractivity contribution in [1.82, 2.24) is 10.6 Å². The molecule has 0 bridgehead atoms. The van der Waals surface area contributed by atoms with Gasteiger partial charge in [-0.25, -0.2) is 4.39 Å². The van der Waals surface area contributed by atoms with Crippen LogP contribution in [0.4, 0.5) is 4.39 Å². The summed E-state index contributed by atoms with van der Waals surface area (Å²) in [5, 5.41) is 5.98. The lowest BCUT2D eigenvalue weighted by molar-refractivity contribution is -0.123. The first-order valence-corrected chi connectivity index (χ1v) is 6.80. The van der Waals surface area contributed by atoms with Gasteiger partial charge in [0.2, 0.25) is 5.91 Å². The van der Waals surface area contributed by atoms with Gasteiger partial charge in [0, 0.05) is 30.6 Å². The van der Waals surface area contributed by atoms with E-state index in [4.69, 9.17) is 4.74 Å². The molecule has 0 radical (unpaired) electrons. The van der Waals surface area contributed by atoms with E-state index in [1.54, 1.807) is 12.1 Å². The quantitative estimate of drug-likeness (QED) is 0.754. The van der Waals surface area contributed by atoms with Crippen LogP contribution in [0.2, 0.25) is 0 Å². The van der Waals surface area contributed by atoms with Crippen LogP contribution in [0.25, 0.3) is 0 Å². The molecule has 1 rings (SSSR count). The number of amides is 1. The zero-order chi connectivity index (χ0) is 15.1. The van der Waals surface area contributed by atoms with Gasteiger partial charge in [-0.15, -0.1) is 0 Å². The van der Waals surface area contributed by atoms with Crippen LogP contribution >= 0.6 is 0 Å². The SMILES string of the molecule is COc1cccc(F)c1C(C)NCCNC(=O)C(C)C. The van der Waals surface area contributed by atoms with Gasteiger partial charge >= 0.3 is 0 Å². The average Bonchev–Trinajstić information content (AvgIpc) is 2.42. The predicted octanol–water partition coefficient (Wildman–Crippen LogP) is 2.26. The van der Waals surface area contributed by atoms with Crippen LogP contribution in [-0.4, -0.2) is 26.1 Å². The van der Waals surface area contributed by atoms with Crippen LogP contribution in [-0.2, 0) is 4.79 Å². The van der Waals surface area contributed by atoms with Gasteiger partial charge in [-0.2, -0.15) is 0 Å². The second-order valence-electron chi connectivity index (χ2n) is 4.98. The molecule has 1 aromatic carbocycles. The van der Waals surface area contributed by atoms with E-state index in [-0.39, 0.29) is 23.7 Å². The summed E-state index contributed by atoms with van der Waals surface area (Å²) in [5.41, 5.74) is 0.505. The smallest absolute Gasteiger partial charge is 0.222 e. The topological polar surface area (TPSA) is 50.4 Å². The van der Waals surface area contributed by atoms with Crippen molar-refractivity contribution >= 4 is 5.91 Å². The summed E-state index contributed by atoms with van der Waals surface area (Å²) in [6.07, 6.45) is 0. The molecule has 4 nitrogen and oxygen atoms in total. The number of carbonyl (C=O) groups excluding carboxylic acids is 1. The molecule has 0 aliphatic rings. The van der Waals surface area contributed by atoms with Crippen LogP contribution in [0.15, 0.2) is 18.2 Å². The summed E-state index contributed by atoms with van der Waals surface area (Å²) in [5.74, 6) is 0.216. The molecule has 0 aliphatic heterocycles. The number of benzene rings is 1. The zero-order valence-corrected chi connectivity index (χ0v) is 12.5. The largest absolute Gasteiger partial charge is 0.496 e. The Hall–Kier alpha value is -1.62. The highest BCUT2D eigenvalue weighted by molar-refractivity contribution is 5.77. The number of halogens is 1. The lowest BCUT2D eigenvalue weighted by Crippen LogP contribution is -2.35. The van der Waals surface area contributed by atoms with Crippen LogP contribution < -0.4 is 15.4 Å². The van der Waals surface area contributed by atoms with E-state index < -0.39 is 0 Å². The van der Waals surface area contributed by atoms with Gasteiger partial charge in [0.25, 0.3) is 0 Å².